The standard InChI is InChI=1S/C16H32N2O3/c1-13(8-11-19)12-17-14-6-5-9-18(10-7-14)15(20)21-16(2,3)4/h13-14,17,19H,5-12H2,1-4H3. The second-order valence-electron chi connectivity index (χ2n) is 7.12. The number of aliphatic hydroxyl groups is 1. The van der Waals surface area contributed by atoms with Crippen molar-refractivity contribution in [1.82, 2.24) is 10.2 Å². The predicted molar refractivity (Wildman–Crippen MR) is 84.3 cm³/mol. The van der Waals surface area contributed by atoms with E-state index in [0.717, 1.165) is 45.3 Å². The van der Waals surface area contributed by atoms with Crippen molar-refractivity contribution >= 4 is 6.09 Å². The lowest BCUT2D eigenvalue weighted by Gasteiger charge is -2.26. The molecule has 2 N–H and O–H groups in total. The van der Waals surface area contributed by atoms with Gasteiger partial charge in [0, 0.05) is 25.7 Å². The van der Waals surface area contributed by atoms with Crippen molar-refractivity contribution in [3.05, 3.63) is 0 Å². The van der Waals surface area contributed by atoms with Gasteiger partial charge in [-0.3, -0.25) is 0 Å². The molecule has 1 aliphatic heterocycles. The van der Waals surface area contributed by atoms with E-state index in [1.54, 1.807) is 0 Å². The summed E-state index contributed by atoms with van der Waals surface area (Å²) < 4.78 is 5.44. The number of carbonyl (C=O) groups excluding carboxylic acids is 1. The first-order chi connectivity index (χ1) is 9.81. The van der Waals surface area contributed by atoms with Crippen molar-refractivity contribution in [2.24, 2.45) is 5.92 Å². The molecule has 2 atom stereocenters. The minimum atomic E-state index is -0.430. The summed E-state index contributed by atoms with van der Waals surface area (Å²) in [6.45, 7) is 10.5. The second-order valence-corrected chi connectivity index (χ2v) is 7.12. The SMILES string of the molecule is CC(CCO)CNC1CCCN(C(=O)OC(C)(C)C)CC1. The fourth-order valence-electron chi connectivity index (χ4n) is 2.50. The minimum Gasteiger partial charge on any atom is -0.444 e. The summed E-state index contributed by atoms with van der Waals surface area (Å²) in [5.41, 5.74) is -0.430. The third-order valence-electron chi connectivity index (χ3n) is 3.76. The van der Waals surface area contributed by atoms with E-state index in [-0.39, 0.29) is 12.7 Å². The molecule has 0 aromatic heterocycles. The van der Waals surface area contributed by atoms with Crippen LogP contribution < -0.4 is 5.32 Å². The van der Waals surface area contributed by atoms with Crippen LogP contribution in [0.3, 0.4) is 0 Å². The van der Waals surface area contributed by atoms with Gasteiger partial charge >= 0.3 is 6.09 Å². The van der Waals surface area contributed by atoms with Crippen LogP contribution in [0.4, 0.5) is 4.79 Å². The predicted octanol–water partition coefficient (Wildman–Crippen LogP) is 2.38. The van der Waals surface area contributed by atoms with Crippen LogP contribution >= 0.6 is 0 Å². The van der Waals surface area contributed by atoms with Gasteiger partial charge < -0.3 is 20.1 Å². The molecule has 0 saturated carbocycles. The van der Waals surface area contributed by atoms with Crippen LogP contribution in [0.2, 0.25) is 0 Å². The molecule has 1 saturated heterocycles. The van der Waals surface area contributed by atoms with Crippen LogP contribution in [0.5, 0.6) is 0 Å². The molecular formula is C16H32N2O3. The Balaban J connectivity index is 2.34. The van der Waals surface area contributed by atoms with Crippen LogP contribution in [-0.2, 0) is 4.74 Å². The maximum atomic E-state index is 12.1. The molecule has 1 rings (SSSR count). The van der Waals surface area contributed by atoms with Crippen LogP contribution in [0, 0.1) is 5.92 Å². The van der Waals surface area contributed by atoms with E-state index in [1.165, 1.54) is 0 Å². The third kappa shape index (κ3) is 7.67. The molecule has 124 valence electrons. The normalized spacial score (nSPS) is 21.8. The fourth-order valence-corrected chi connectivity index (χ4v) is 2.50. The Morgan fingerprint density at radius 2 is 2.10 bits per heavy atom. The summed E-state index contributed by atoms with van der Waals surface area (Å²) in [5, 5.41) is 12.5. The summed E-state index contributed by atoms with van der Waals surface area (Å²) in [5.74, 6) is 0.486. The highest BCUT2D eigenvalue weighted by Crippen LogP contribution is 2.16. The van der Waals surface area contributed by atoms with Gasteiger partial charge in [-0.15, -0.1) is 0 Å². The minimum absolute atomic E-state index is 0.197. The van der Waals surface area contributed by atoms with Crippen molar-refractivity contribution in [1.29, 1.82) is 0 Å². The smallest absolute Gasteiger partial charge is 0.410 e. The monoisotopic (exact) mass is 300 g/mol. The van der Waals surface area contributed by atoms with E-state index in [0.29, 0.717) is 12.0 Å². The Morgan fingerprint density at radius 1 is 1.38 bits per heavy atom. The summed E-state index contributed by atoms with van der Waals surface area (Å²) in [4.78, 5) is 13.9. The molecule has 0 aliphatic carbocycles. The number of nitrogens with zero attached hydrogens (tertiary/aromatic N) is 1. The Morgan fingerprint density at radius 3 is 2.71 bits per heavy atom. The first-order valence-corrected chi connectivity index (χ1v) is 8.14. The highest BCUT2D eigenvalue weighted by atomic mass is 16.6. The largest absolute Gasteiger partial charge is 0.444 e. The van der Waals surface area contributed by atoms with Gasteiger partial charge in [-0.25, -0.2) is 4.79 Å². The molecule has 1 aliphatic rings. The summed E-state index contributed by atoms with van der Waals surface area (Å²) >= 11 is 0. The molecular weight excluding hydrogens is 268 g/mol. The molecule has 5 nitrogen and oxygen atoms in total. The van der Waals surface area contributed by atoms with E-state index in [4.69, 9.17) is 9.84 Å². The van der Waals surface area contributed by atoms with Crippen LogP contribution in [-0.4, -0.2) is 54.0 Å². The van der Waals surface area contributed by atoms with Gasteiger partial charge in [-0.2, -0.15) is 0 Å². The van der Waals surface area contributed by atoms with Crippen molar-refractivity contribution in [3.8, 4) is 0 Å². The van der Waals surface area contributed by atoms with Crippen molar-refractivity contribution in [3.63, 3.8) is 0 Å². The van der Waals surface area contributed by atoms with E-state index >= 15 is 0 Å². The zero-order valence-electron chi connectivity index (χ0n) is 14.0. The molecule has 0 aromatic carbocycles. The Labute approximate surface area is 129 Å². The number of ether oxygens (including phenoxy) is 1. The Hall–Kier alpha value is -0.810. The first-order valence-electron chi connectivity index (χ1n) is 8.14. The number of likely N-dealkylation sites (tertiary alicyclic amines) is 1. The average molecular weight is 300 g/mol. The maximum absolute atomic E-state index is 12.1. The van der Waals surface area contributed by atoms with Crippen LogP contribution in [0.15, 0.2) is 0 Å². The average Bonchev–Trinajstić information content (AvgIpc) is 2.60. The molecule has 1 amide bonds. The summed E-state index contributed by atoms with van der Waals surface area (Å²) in [6.07, 6.45) is 3.70. The summed E-state index contributed by atoms with van der Waals surface area (Å²) in [6, 6.07) is 0.457. The topological polar surface area (TPSA) is 61.8 Å². The van der Waals surface area contributed by atoms with Gasteiger partial charge in [0.15, 0.2) is 0 Å². The lowest BCUT2D eigenvalue weighted by molar-refractivity contribution is 0.0256. The number of carbonyl (C=O) groups is 1. The molecule has 0 radical (unpaired) electrons. The van der Waals surface area contributed by atoms with Crippen molar-refractivity contribution in [2.45, 2.75) is 65.0 Å². The van der Waals surface area contributed by atoms with E-state index in [2.05, 4.69) is 12.2 Å². The molecule has 5 heteroatoms. The molecule has 2 unspecified atom stereocenters. The maximum Gasteiger partial charge on any atom is 0.410 e. The van der Waals surface area contributed by atoms with E-state index in [9.17, 15) is 4.79 Å². The number of aliphatic hydroxyl groups excluding tert-OH is 1. The lowest BCUT2D eigenvalue weighted by atomic mass is 10.1. The number of hydrogen-bond acceptors (Lipinski definition) is 4. The zero-order chi connectivity index (χ0) is 15.9. The number of nitrogens with one attached hydrogen (secondary N) is 1. The molecule has 21 heavy (non-hydrogen) atoms. The Bertz CT molecular complexity index is 315. The second kappa shape index (κ2) is 8.59. The van der Waals surface area contributed by atoms with E-state index in [1.807, 2.05) is 25.7 Å². The van der Waals surface area contributed by atoms with Crippen LogP contribution in [0.1, 0.15) is 53.4 Å². The molecule has 0 aromatic rings. The summed E-state index contributed by atoms with van der Waals surface area (Å²) in [7, 11) is 0. The molecule has 0 spiro atoms. The lowest BCUT2D eigenvalue weighted by Crippen LogP contribution is -2.38. The number of amides is 1. The van der Waals surface area contributed by atoms with Gasteiger partial charge in [0.05, 0.1) is 0 Å². The molecule has 1 fully saturated rings. The Kier molecular flexibility index (Phi) is 7.46. The quantitative estimate of drug-likeness (QED) is 0.818. The van der Waals surface area contributed by atoms with Gasteiger partial charge in [0.25, 0.3) is 0 Å². The van der Waals surface area contributed by atoms with Gasteiger partial charge in [-0.1, -0.05) is 6.92 Å². The third-order valence-corrected chi connectivity index (χ3v) is 3.76. The highest BCUT2D eigenvalue weighted by Gasteiger charge is 2.25. The van der Waals surface area contributed by atoms with Gasteiger partial charge in [-0.05, 0) is 58.9 Å². The fraction of sp³-hybridized carbons (Fsp3) is 0.938. The van der Waals surface area contributed by atoms with Crippen LogP contribution in [0.25, 0.3) is 0 Å². The van der Waals surface area contributed by atoms with Crippen molar-refractivity contribution in [2.75, 3.05) is 26.2 Å². The van der Waals surface area contributed by atoms with Gasteiger partial charge in [0.1, 0.15) is 5.60 Å². The number of hydrogen-bond donors (Lipinski definition) is 2. The van der Waals surface area contributed by atoms with Crippen molar-refractivity contribution < 1.29 is 14.6 Å². The zero-order valence-corrected chi connectivity index (χ0v) is 14.0. The van der Waals surface area contributed by atoms with Gasteiger partial charge in [0.2, 0.25) is 0 Å². The number of rotatable bonds is 5. The molecule has 0 bridgehead atoms. The molecule has 1 heterocycles. The first kappa shape index (κ1) is 18.2. The van der Waals surface area contributed by atoms with E-state index < -0.39 is 5.60 Å². The highest BCUT2D eigenvalue weighted by molar-refractivity contribution is 5.68.